The molecule has 0 atom stereocenters. The molecule has 0 bridgehead atoms. The highest BCUT2D eigenvalue weighted by Gasteiger charge is 2.20. The summed E-state index contributed by atoms with van der Waals surface area (Å²) in [5.74, 6) is 0.608. The van der Waals surface area contributed by atoms with Crippen LogP contribution in [0.2, 0.25) is 0 Å². The average molecular weight is 457 g/mol. The second kappa shape index (κ2) is 10.3. The van der Waals surface area contributed by atoms with Crippen LogP contribution in [0.5, 0.6) is 5.88 Å². The number of hydrogen-bond acceptors (Lipinski definition) is 7. The molecule has 1 saturated heterocycles. The van der Waals surface area contributed by atoms with Crippen LogP contribution < -0.4 is 15.4 Å². The van der Waals surface area contributed by atoms with Gasteiger partial charge in [0.1, 0.15) is 11.6 Å². The molecule has 2 aromatic carbocycles. The molecule has 0 aliphatic carbocycles. The SMILES string of the molecule is COc1nc(Nc2ccc(C3CCN(C)CC3)c(C)c2)ncc1C(=O)Nc1ccccc1C#N. The van der Waals surface area contributed by atoms with Gasteiger partial charge in [-0.05, 0) is 81.2 Å². The van der Waals surface area contributed by atoms with Gasteiger partial charge in [-0.1, -0.05) is 18.2 Å². The molecule has 1 amide bonds. The van der Waals surface area contributed by atoms with E-state index in [9.17, 15) is 10.1 Å². The van der Waals surface area contributed by atoms with Gasteiger partial charge in [0.15, 0.2) is 0 Å². The van der Waals surface area contributed by atoms with E-state index in [2.05, 4.69) is 57.7 Å². The molecule has 3 aromatic rings. The molecule has 0 unspecified atom stereocenters. The lowest BCUT2D eigenvalue weighted by Gasteiger charge is -2.30. The third-order valence-corrected chi connectivity index (χ3v) is 6.17. The van der Waals surface area contributed by atoms with Crippen molar-refractivity contribution in [3.8, 4) is 11.9 Å². The monoisotopic (exact) mass is 456 g/mol. The van der Waals surface area contributed by atoms with Crippen molar-refractivity contribution in [3.63, 3.8) is 0 Å². The predicted molar refractivity (Wildman–Crippen MR) is 132 cm³/mol. The zero-order valence-electron chi connectivity index (χ0n) is 19.6. The van der Waals surface area contributed by atoms with Gasteiger partial charge in [-0.15, -0.1) is 0 Å². The highest BCUT2D eigenvalue weighted by molar-refractivity contribution is 6.06. The Labute approximate surface area is 199 Å². The number of nitrogens with zero attached hydrogens (tertiary/aromatic N) is 4. The van der Waals surface area contributed by atoms with Crippen molar-refractivity contribution in [2.75, 3.05) is 37.9 Å². The first-order valence-electron chi connectivity index (χ1n) is 11.3. The van der Waals surface area contributed by atoms with E-state index in [4.69, 9.17) is 4.74 Å². The summed E-state index contributed by atoms with van der Waals surface area (Å²) in [6.45, 7) is 4.38. The second-order valence-electron chi connectivity index (χ2n) is 8.50. The summed E-state index contributed by atoms with van der Waals surface area (Å²) in [5, 5.41) is 15.2. The number of nitrogens with one attached hydrogen (secondary N) is 2. The van der Waals surface area contributed by atoms with Crippen LogP contribution in [-0.2, 0) is 0 Å². The van der Waals surface area contributed by atoms with Crippen LogP contribution in [0.15, 0.2) is 48.7 Å². The van der Waals surface area contributed by atoms with E-state index in [1.807, 2.05) is 6.07 Å². The van der Waals surface area contributed by atoms with Crippen molar-refractivity contribution in [2.24, 2.45) is 0 Å². The molecule has 1 aliphatic rings. The lowest BCUT2D eigenvalue weighted by molar-refractivity contribution is 0.102. The van der Waals surface area contributed by atoms with E-state index in [1.54, 1.807) is 24.3 Å². The summed E-state index contributed by atoms with van der Waals surface area (Å²) >= 11 is 0. The van der Waals surface area contributed by atoms with Crippen LogP contribution in [0.1, 0.15) is 45.8 Å². The maximum Gasteiger partial charge on any atom is 0.262 e. The quantitative estimate of drug-likeness (QED) is 0.564. The number of carbonyl (C=O) groups excluding carboxylic acids is 1. The Morgan fingerprint density at radius 1 is 1.21 bits per heavy atom. The standard InChI is InChI=1S/C26H28N6O2/c1-17-14-20(8-9-21(17)18-10-12-32(2)13-11-18)29-26-28-16-22(25(31-26)34-3)24(33)30-23-7-5-4-6-19(23)15-27/h4-9,14,16,18H,10-13H2,1-3H3,(H,30,33)(H,28,29,31). The molecule has 8 heteroatoms. The minimum atomic E-state index is -0.454. The Balaban J connectivity index is 1.49. The number of piperidine rings is 1. The largest absolute Gasteiger partial charge is 0.480 e. The van der Waals surface area contributed by atoms with Gasteiger partial charge >= 0.3 is 0 Å². The summed E-state index contributed by atoms with van der Waals surface area (Å²) in [4.78, 5) is 23.8. The number of likely N-dealkylation sites (tertiary alicyclic amines) is 1. The molecule has 0 spiro atoms. The number of anilines is 3. The predicted octanol–water partition coefficient (Wildman–Crippen LogP) is 4.47. The van der Waals surface area contributed by atoms with Gasteiger partial charge < -0.3 is 20.3 Å². The van der Waals surface area contributed by atoms with Gasteiger partial charge in [-0.3, -0.25) is 4.79 Å². The van der Waals surface area contributed by atoms with E-state index >= 15 is 0 Å². The number of carbonyl (C=O) groups is 1. The van der Waals surface area contributed by atoms with Gasteiger partial charge in [0.05, 0.1) is 18.4 Å². The van der Waals surface area contributed by atoms with Crippen LogP contribution >= 0.6 is 0 Å². The number of rotatable bonds is 6. The zero-order valence-corrected chi connectivity index (χ0v) is 19.6. The molecule has 0 saturated carbocycles. The third kappa shape index (κ3) is 5.16. The first kappa shape index (κ1) is 23.2. The van der Waals surface area contributed by atoms with E-state index in [1.165, 1.54) is 37.3 Å². The average Bonchev–Trinajstić information content (AvgIpc) is 2.85. The second-order valence-corrected chi connectivity index (χ2v) is 8.50. The fraction of sp³-hybridized carbons (Fsp3) is 0.308. The Bertz CT molecular complexity index is 1230. The van der Waals surface area contributed by atoms with Gasteiger partial charge in [-0.25, -0.2) is 4.98 Å². The maximum atomic E-state index is 12.8. The van der Waals surface area contributed by atoms with Crippen LogP contribution in [0.4, 0.5) is 17.3 Å². The molecule has 2 N–H and O–H groups in total. The number of methoxy groups -OCH3 is 1. The molecule has 34 heavy (non-hydrogen) atoms. The fourth-order valence-corrected chi connectivity index (χ4v) is 4.28. The first-order valence-corrected chi connectivity index (χ1v) is 11.3. The summed E-state index contributed by atoms with van der Waals surface area (Å²) in [7, 11) is 3.62. The Morgan fingerprint density at radius 2 is 1.97 bits per heavy atom. The van der Waals surface area contributed by atoms with Crippen molar-refractivity contribution >= 4 is 23.2 Å². The van der Waals surface area contributed by atoms with E-state index in [0.717, 1.165) is 18.8 Å². The van der Waals surface area contributed by atoms with Gasteiger partial charge in [0.25, 0.3) is 5.91 Å². The van der Waals surface area contributed by atoms with Crippen molar-refractivity contribution in [1.29, 1.82) is 5.26 Å². The van der Waals surface area contributed by atoms with Crippen LogP contribution in [-0.4, -0.2) is 48.0 Å². The summed E-state index contributed by atoms with van der Waals surface area (Å²) < 4.78 is 5.35. The molecule has 8 nitrogen and oxygen atoms in total. The van der Waals surface area contributed by atoms with Crippen molar-refractivity contribution in [1.82, 2.24) is 14.9 Å². The minimum absolute atomic E-state index is 0.143. The number of benzene rings is 2. The number of ether oxygens (including phenoxy) is 1. The topological polar surface area (TPSA) is 103 Å². The summed E-state index contributed by atoms with van der Waals surface area (Å²) in [6, 6.07) is 15.2. The number of nitriles is 1. The van der Waals surface area contributed by atoms with E-state index in [0.29, 0.717) is 23.1 Å². The number of aryl methyl sites for hydroxylation is 1. The smallest absolute Gasteiger partial charge is 0.262 e. The Kier molecular flexibility index (Phi) is 7.04. The van der Waals surface area contributed by atoms with Gasteiger partial charge in [0, 0.05) is 11.9 Å². The molecule has 2 heterocycles. The number of hydrogen-bond donors (Lipinski definition) is 2. The molecule has 1 aliphatic heterocycles. The highest BCUT2D eigenvalue weighted by Crippen LogP contribution is 2.31. The third-order valence-electron chi connectivity index (χ3n) is 6.17. The maximum absolute atomic E-state index is 12.8. The molecule has 1 aromatic heterocycles. The number of amides is 1. The van der Waals surface area contributed by atoms with Crippen molar-refractivity contribution in [2.45, 2.75) is 25.7 Å². The Morgan fingerprint density at radius 3 is 2.68 bits per heavy atom. The zero-order chi connectivity index (χ0) is 24.1. The molecule has 4 rings (SSSR count). The fourth-order valence-electron chi connectivity index (χ4n) is 4.28. The molecular weight excluding hydrogens is 428 g/mol. The number of aromatic nitrogens is 2. The van der Waals surface area contributed by atoms with Gasteiger partial charge in [0.2, 0.25) is 11.8 Å². The van der Waals surface area contributed by atoms with Crippen molar-refractivity contribution < 1.29 is 9.53 Å². The summed E-state index contributed by atoms with van der Waals surface area (Å²) in [6.07, 6.45) is 3.76. The van der Waals surface area contributed by atoms with Crippen LogP contribution in [0.25, 0.3) is 0 Å². The normalized spacial score (nSPS) is 14.3. The van der Waals surface area contributed by atoms with Gasteiger partial charge in [-0.2, -0.15) is 10.2 Å². The highest BCUT2D eigenvalue weighted by atomic mass is 16.5. The lowest BCUT2D eigenvalue weighted by Crippen LogP contribution is -2.29. The molecule has 1 fully saturated rings. The van der Waals surface area contributed by atoms with E-state index < -0.39 is 5.91 Å². The van der Waals surface area contributed by atoms with Crippen LogP contribution in [0, 0.1) is 18.3 Å². The summed E-state index contributed by atoms with van der Waals surface area (Å²) in [5.41, 5.74) is 4.46. The van der Waals surface area contributed by atoms with E-state index in [-0.39, 0.29) is 11.4 Å². The molecular formula is C26H28N6O2. The van der Waals surface area contributed by atoms with Crippen molar-refractivity contribution in [3.05, 3.63) is 70.9 Å². The minimum Gasteiger partial charge on any atom is -0.480 e. The van der Waals surface area contributed by atoms with Crippen LogP contribution in [0.3, 0.4) is 0 Å². The Hall–Kier alpha value is -3.96. The number of para-hydroxylation sites is 1. The lowest BCUT2D eigenvalue weighted by atomic mass is 9.87. The first-order chi connectivity index (χ1) is 16.5. The molecule has 0 radical (unpaired) electrons. The molecule has 174 valence electrons.